The number of nitrogens with zero attached hydrogens (tertiary/aromatic N) is 2. The summed E-state index contributed by atoms with van der Waals surface area (Å²) in [5, 5.41) is 11.1. The molecule has 0 spiro atoms. The molecule has 1 atom stereocenters. The largest absolute Gasteiger partial charge is 0.492 e. The predicted octanol–water partition coefficient (Wildman–Crippen LogP) is 2.40. The maximum Gasteiger partial charge on any atom is 0.238 e. The van der Waals surface area contributed by atoms with E-state index >= 15 is 0 Å². The second-order valence-corrected chi connectivity index (χ2v) is 5.35. The molecule has 1 aromatic rings. The Morgan fingerprint density at radius 1 is 1.43 bits per heavy atom. The zero-order chi connectivity index (χ0) is 15.1. The van der Waals surface area contributed by atoms with E-state index in [1.807, 2.05) is 18.2 Å². The van der Waals surface area contributed by atoms with Crippen LogP contribution in [0.4, 0.5) is 5.69 Å². The van der Waals surface area contributed by atoms with Gasteiger partial charge in [-0.3, -0.25) is 4.79 Å². The molecule has 0 bridgehead atoms. The fraction of sp³-hybridized carbons (Fsp3) is 0.500. The summed E-state index contributed by atoms with van der Waals surface area (Å²) in [6.07, 6.45) is 3.58. The van der Waals surface area contributed by atoms with Gasteiger partial charge in [-0.25, -0.2) is 0 Å². The van der Waals surface area contributed by atoms with E-state index in [0.29, 0.717) is 18.3 Å². The summed E-state index contributed by atoms with van der Waals surface area (Å²) in [5.74, 6) is 0.502. The Kier molecular flexibility index (Phi) is 5.59. The van der Waals surface area contributed by atoms with Crippen molar-refractivity contribution in [3.63, 3.8) is 0 Å². The van der Waals surface area contributed by atoms with Crippen LogP contribution in [0.5, 0.6) is 5.75 Å². The number of nitriles is 1. The molecule has 1 heterocycles. The monoisotopic (exact) mass is 287 g/mol. The molecule has 1 aliphatic heterocycles. The van der Waals surface area contributed by atoms with Crippen molar-refractivity contribution in [1.82, 2.24) is 4.90 Å². The molecule has 0 saturated carbocycles. The SMILES string of the molecule is CN1CCCCC1COc1ccc(NC(=O)CC#N)cc1. The Bertz CT molecular complexity index is 507. The van der Waals surface area contributed by atoms with Crippen LogP contribution in [-0.4, -0.2) is 37.0 Å². The van der Waals surface area contributed by atoms with Crippen molar-refractivity contribution >= 4 is 11.6 Å². The van der Waals surface area contributed by atoms with Crippen molar-refractivity contribution in [1.29, 1.82) is 5.26 Å². The van der Waals surface area contributed by atoms with Gasteiger partial charge in [0.25, 0.3) is 0 Å². The van der Waals surface area contributed by atoms with Crippen LogP contribution in [0.25, 0.3) is 0 Å². The van der Waals surface area contributed by atoms with Crippen LogP contribution in [0.3, 0.4) is 0 Å². The van der Waals surface area contributed by atoms with Gasteiger partial charge in [-0.1, -0.05) is 6.42 Å². The lowest BCUT2D eigenvalue weighted by atomic mass is 10.0. The summed E-state index contributed by atoms with van der Waals surface area (Å²) >= 11 is 0. The molecule has 2 rings (SSSR count). The molecule has 1 amide bonds. The number of nitrogens with one attached hydrogen (secondary N) is 1. The minimum Gasteiger partial charge on any atom is -0.492 e. The molecule has 0 aliphatic carbocycles. The van der Waals surface area contributed by atoms with Gasteiger partial charge in [0.15, 0.2) is 0 Å². The number of benzene rings is 1. The van der Waals surface area contributed by atoms with Crippen molar-refractivity contribution in [2.24, 2.45) is 0 Å². The third kappa shape index (κ3) is 4.76. The third-order valence-corrected chi connectivity index (χ3v) is 3.74. The van der Waals surface area contributed by atoms with Crippen LogP contribution in [0.2, 0.25) is 0 Å². The first kappa shape index (κ1) is 15.3. The molecular formula is C16H21N3O2. The highest BCUT2D eigenvalue weighted by atomic mass is 16.5. The number of hydrogen-bond donors (Lipinski definition) is 1. The Morgan fingerprint density at radius 2 is 2.19 bits per heavy atom. The van der Waals surface area contributed by atoms with E-state index in [0.717, 1.165) is 12.3 Å². The van der Waals surface area contributed by atoms with Crippen LogP contribution in [0.1, 0.15) is 25.7 Å². The lowest BCUT2D eigenvalue weighted by Crippen LogP contribution is -2.40. The highest BCUT2D eigenvalue weighted by molar-refractivity contribution is 5.92. The summed E-state index contributed by atoms with van der Waals surface area (Å²) in [6.45, 7) is 1.83. The van der Waals surface area contributed by atoms with Gasteiger partial charge >= 0.3 is 0 Å². The number of carbonyl (C=O) groups is 1. The summed E-state index contributed by atoms with van der Waals surface area (Å²) in [4.78, 5) is 13.6. The molecule has 1 aromatic carbocycles. The van der Waals surface area contributed by atoms with E-state index in [9.17, 15) is 4.79 Å². The highest BCUT2D eigenvalue weighted by Gasteiger charge is 2.19. The van der Waals surface area contributed by atoms with Crippen LogP contribution in [0, 0.1) is 11.3 Å². The summed E-state index contributed by atoms with van der Waals surface area (Å²) in [5.41, 5.74) is 0.678. The predicted molar refractivity (Wildman–Crippen MR) is 81.1 cm³/mol. The molecule has 112 valence electrons. The van der Waals surface area contributed by atoms with E-state index in [4.69, 9.17) is 10.00 Å². The zero-order valence-electron chi connectivity index (χ0n) is 12.3. The van der Waals surface area contributed by atoms with Crippen molar-refractivity contribution in [3.05, 3.63) is 24.3 Å². The minimum absolute atomic E-state index is 0.133. The van der Waals surface area contributed by atoms with E-state index in [2.05, 4.69) is 17.3 Å². The topological polar surface area (TPSA) is 65.4 Å². The lowest BCUT2D eigenvalue weighted by molar-refractivity contribution is -0.115. The highest BCUT2D eigenvalue weighted by Crippen LogP contribution is 2.19. The summed E-state index contributed by atoms with van der Waals surface area (Å²) in [6, 6.07) is 9.55. The summed E-state index contributed by atoms with van der Waals surface area (Å²) < 4.78 is 5.82. The molecule has 5 nitrogen and oxygen atoms in total. The van der Waals surface area contributed by atoms with Gasteiger partial charge in [0.1, 0.15) is 18.8 Å². The van der Waals surface area contributed by atoms with E-state index in [1.165, 1.54) is 19.3 Å². The third-order valence-electron chi connectivity index (χ3n) is 3.74. The minimum atomic E-state index is -0.296. The van der Waals surface area contributed by atoms with Crippen LogP contribution >= 0.6 is 0 Å². The van der Waals surface area contributed by atoms with E-state index in [1.54, 1.807) is 12.1 Å². The number of anilines is 1. The Balaban J connectivity index is 1.82. The molecule has 21 heavy (non-hydrogen) atoms. The normalized spacial score (nSPS) is 18.8. The maximum absolute atomic E-state index is 11.3. The van der Waals surface area contributed by atoms with Gasteiger partial charge < -0.3 is 15.0 Å². The number of carbonyl (C=O) groups excluding carboxylic acids is 1. The van der Waals surface area contributed by atoms with Gasteiger partial charge in [-0.15, -0.1) is 0 Å². The number of rotatable bonds is 5. The number of ether oxygens (including phenoxy) is 1. The Morgan fingerprint density at radius 3 is 2.86 bits per heavy atom. The smallest absolute Gasteiger partial charge is 0.238 e. The first-order valence-electron chi connectivity index (χ1n) is 7.29. The van der Waals surface area contributed by atoms with Gasteiger partial charge in [0.2, 0.25) is 5.91 Å². The van der Waals surface area contributed by atoms with Gasteiger partial charge in [0, 0.05) is 11.7 Å². The van der Waals surface area contributed by atoms with Gasteiger partial charge in [0.05, 0.1) is 6.07 Å². The van der Waals surface area contributed by atoms with Crippen molar-refractivity contribution in [3.8, 4) is 11.8 Å². The number of likely N-dealkylation sites (tertiary alicyclic amines) is 1. The molecular weight excluding hydrogens is 266 g/mol. The molecule has 1 unspecified atom stereocenters. The number of piperidine rings is 1. The number of amides is 1. The second-order valence-electron chi connectivity index (χ2n) is 5.35. The average Bonchev–Trinajstić information content (AvgIpc) is 2.48. The molecule has 0 aromatic heterocycles. The molecule has 1 fully saturated rings. The van der Waals surface area contributed by atoms with Crippen LogP contribution in [0.15, 0.2) is 24.3 Å². The van der Waals surface area contributed by atoms with Crippen LogP contribution < -0.4 is 10.1 Å². The first-order chi connectivity index (χ1) is 10.2. The average molecular weight is 287 g/mol. The molecule has 0 radical (unpaired) electrons. The number of hydrogen-bond acceptors (Lipinski definition) is 4. The molecule has 1 saturated heterocycles. The Labute approximate surface area is 125 Å². The summed E-state index contributed by atoms with van der Waals surface area (Å²) in [7, 11) is 2.14. The lowest BCUT2D eigenvalue weighted by Gasteiger charge is -2.32. The van der Waals surface area contributed by atoms with Gasteiger partial charge in [-0.2, -0.15) is 5.26 Å². The Hall–Kier alpha value is -2.06. The standard InChI is InChI=1S/C16H21N3O2/c1-19-11-3-2-4-14(19)12-21-15-7-5-13(6-8-15)18-16(20)9-10-17/h5-8,14H,2-4,9,11-12H2,1H3,(H,18,20). The molecule has 1 N–H and O–H groups in total. The first-order valence-corrected chi connectivity index (χ1v) is 7.29. The fourth-order valence-corrected chi connectivity index (χ4v) is 2.46. The van der Waals surface area contributed by atoms with Crippen molar-refractivity contribution in [2.45, 2.75) is 31.7 Å². The quantitative estimate of drug-likeness (QED) is 0.903. The van der Waals surface area contributed by atoms with E-state index in [-0.39, 0.29) is 12.3 Å². The number of likely N-dealkylation sites (N-methyl/N-ethyl adjacent to an activating group) is 1. The molecule has 1 aliphatic rings. The van der Waals surface area contributed by atoms with Crippen LogP contribution in [-0.2, 0) is 4.79 Å². The maximum atomic E-state index is 11.3. The molecule has 5 heteroatoms. The van der Waals surface area contributed by atoms with Gasteiger partial charge in [-0.05, 0) is 50.7 Å². The van der Waals surface area contributed by atoms with Crippen molar-refractivity contribution < 1.29 is 9.53 Å². The van der Waals surface area contributed by atoms with E-state index < -0.39 is 0 Å². The zero-order valence-corrected chi connectivity index (χ0v) is 12.3. The van der Waals surface area contributed by atoms with Crippen molar-refractivity contribution in [2.75, 3.05) is 25.5 Å². The fourth-order valence-electron chi connectivity index (χ4n) is 2.46. The second kappa shape index (κ2) is 7.65.